The lowest BCUT2D eigenvalue weighted by molar-refractivity contribution is -0.167. The Balaban J connectivity index is 4.40. The summed E-state index contributed by atoms with van der Waals surface area (Å²) in [4.78, 5) is 38.3. The maximum Gasteiger partial charge on any atom is 0.306 e. The number of carbonyl (C=O) groups excluding carboxylic acids is 3. The van der Waals surface area contributed by atoms with E-state index in [2.05, 4.69) is 191 Å². The molecule has 454 valence electrons. The van der Waals surface area contributed by atoms with E-state index in [4.69, 9.17) is 14.2 Å². The molecule has 6 nitrogen and oxygen atoms in total. The van der Waals surface area contributed by atoms with Crippen LogP contribution in [0.15, 0.2) is 170 Å². The standard InChI is InChI=1S/C75H118O6/c1-4-7-10-13-16-19-22-24-26-28-30-32-33-34-35-36-37-38-39-40-41-43-44-46-48-50-53-56-59-62-65-68-74(77)80-71-72(70-79-73(76)67-64-61-58-55-52-21-18-15-12-9-6-3)81-75(78)69-66-63-60-57-54-51-49-47-45-42-31-29-27-25-23-20-17-14-11-8-5-2/h7-8,10-11,16-17,19-20,24-27,30-32,34-35,37-38,40-42,44,46-47,49,54,57,72H,4-6,9,12-15,18,21-23,28-29,33,36,39,43,45,48,50-53,55-56,58-71H2,1-3H3/b10-7-,11-8-,19-16-,20-17-,26-24-,27-25-,32-30-,35-34-,38-37-,41-40-,42-31-,46-44-,49-47-,57-54-. The first-order chi connectivity index (χ1) is 40.0. The highest BCUT2D eigenvalue weighted by Crippen LogP contribution is 2.14. The van der Waals surface area contributed by atoms with Gasteiger partial charge in [0.2, 0.25) is 0 Å². The summed E-state index contributed by atoms with van der Waals surface area (Å²) in [7, 11) is 0. The Labute approximate surface area is 498 Å². The second-order valence-corrected chi connectivity index (χ2v) is 20.9. The molecule has 0 aromatic rings. The minimum absolute atomic E-state index is 0.106. The molecule has 0 aliphatic rings. The maximum atomic E-state index is 12.9. The Bertz CT molecular complexity index is 1860. The molecule has 0 saturated heterocycles. The van der Waals surface area contributed by atoms with E-state index < -0.39 is 6.10 Å². The van der Waals surface area contributed by atoms with Crippen LogP contribution >= 0.6 is 0 Å². The Hall–Kier alpha value is -5.23. The molecule has 0 bridgehead atoms. The van der Waals surface area contributed by atoms with E-state index in [1.54, 1.807) is 0 Å². The molecule has 0 fully saturated rings. The highest BCUT2D eigenvalue weighted by molar-refractivity contribution is 5.71. The van der Waals surface area contributed by atoms with Crippen LogP contribution in [0.4, 0.5) is 0 Å². The van der Waals surface area contributed by atoms with Gasteiger partial charge in [-0.1, -0.05) is 281 Å². The van der Waals surface area contributed by atoms with Crippen molar-refractivity contribution in [3.8, 4) is 0 Å². The summed E-state index contributed by atoms with van der Waals surface area (Å²) in [6.45, 7) is 6.35. The Morgan fingerprint density at radius 2 is 0.481 bits per heavy atom. The predicted octanol–water partition coefficient (Wildman–Crippen LogP) is 22.7. The number of hydrogen-bond donors (Lipinski definition) is 0. The first-order valence-electron chi connectivity index (χ1n) is 32.6. The van der Waals surface area contributed by atoms with Crippen LogP contribution in [-0.2, 0) is 28.6 Å². The van der Waals surface area contributed by atoms with Crippen molar-refractivity contribution in [1.29, 1.82) is 0 Å². The van der Waals surface area contributed by atoms with Gasteiger partial charge in [0.1, 0.15) is 13.2 Å². The van der Waals surface area contributed by atoms with Crippen LogP contribution in [-0.4, -0.2) is 37.2 Å². The topological polar surface area (TPSA) is 78.9 Å². The molecular formula is C75H118O6. The zero-order valence-corrected chi connectivity index (χ0v) is 52.0. The fourth-order valence-corrected chi connectivity index (χ4v) is 8.40. The fraction of sp³-hybridized carbons (Fsp3) is 0.587. The molecule has 6 heteroatoms. The van der Waals surface area contributed by atoms with E-state index in [1.807, 2.05) is 0 Å². The molecule has 0 saturated carbocycles. The summed E-state index contributed by atoms with van der Waals surface area (Å²) < 4.78 is 16.9. The van der Waals surface area contributed by atoms with Crippen LogP contribution in [0.5, 0.6) is 0 Å². The molecule has 0 radical (unpaired) electrons. The van der Waals surface area contributed by atoms with Crippen molar-refractivity contribution in [3.63, 3.8) is 0 Å². The molecule has 0 spiro atoms. The quantitative estimate of drug-likeness (QED) is 0.0261. The van der Waals surface area contributed by atoms with Crippen LogP contribution in [0, 0.1) is 0 Å². The molecule has 1 unspecified atom stereocenters. The van der Waals surface area contributed by atoms with Gasteiger partial charge in [-0.2, -0.15) is 0 Å². The van der Waals surface area contributed by atoms with E-state index in [-0.39, 0.29) is 37.5 Å². The van der Waals surface area contributed by atoms with Crippen LogP contribution in [0.3, 0.4) is 0 Å². The summed E-state index contributed by atoms with van der Waals surface area (Å²) in [5.74, 6) is -0.970. The number of esters is 3. The fourth-order valence-electron chi connectivity index (χ4n) is 8.40. The van der Waals surface area contributed by atoms with Gasteiger partial charge in [-0.05, 0) is 135 Å². The molecule has 0 aromatic heterocycles. The zero-order valence-electron chi connectivity index (χ0n) is 52.0. The van der Waals surface area contributed by atoms with E-state index in [0.29, 0.717) is 19.3 Å². The second-order valence-electron chi connectivity index (χ2n) is 20.9. The van der Waals surface area contributed by atoms with Crippen LogP contribution in [0.2, 0.25) is 0 Å². The molecule has 81 heavy (non-hydrogen) atoms. The number of ether oxygens (including phenoxy) is 3. The molecule has 0 N–H and O–H groups in total. The number of rotatable bonds is 57. The molecule has 0 aromatic carbocycles. The molecule has 0 aliphatic carbocycles. The van der Waals surface area contributed by atoms with Crippen LogP contribution in [0.25, 0.3) is 0 Å². The van der Waals surface area contributed by atoms with Crippen LogP contribution in [0.1, 0.15) is 265 Å². The van der Waals surface area contributed by atoms with Gasteiger partial charge in [0.15, 0.2) is 6.10 Å². The van der Waals surface area contributed by atoms with Crippen LogP contribution < -0.4 is 0 Å². The SMILES string of the molecule is CC/C=C\C/C=C\C/C=C\C/C=C\C/C=C\C/C=C\C/C=C\C/C=C\CCCCCCCCC(=O)OCC(COC(=O)CCCCCCCCCCCCC)OC(=O)CCCC/C=C\C/C=C\C/C=C\C/C=C\C/C=C\C/C=C\CC. The number of unbranched alkanes of at least 4 members (excludes halogenated alkanes) is 18. The summed E-state index contributed by atoms with van der Waals surface area (Å²) >= 11 is 0. The van der Waals surface area contributed by atoms with Crippen molar-refractivity contribution in [3.05, 3.63) is 170 Å². The molecule has 0 heterocycles. The Morgan fingerprint density at radius 3 is 0.778 bits per heavy atom. The average Bonchev–Trinajstić information content (AvgIpc) is 3.47. The van der Waals surface area contributed by atoms with Crippen molar-refractivity contribution < 1.29 is 28.6 Å². The minimum Gasteiger partial charge on any atom is -0.462 e. The van der Waals surface area contributed by atoms with Crippen molar-refractivity contribution in [2.75, 3.05) is 13.2 Å². The largest absolute Gasteiger partial charge is 0.462 e. The normalized spacial score (nSPS) is 13.3. The lowest BCUT2D eigenvalue weighted by atomic mass is 10.1. The maximum absolute atomic E-state index is 12.9. The van der Waals surface area contributed by atoms with Gasteiger partial charge in [-0.15, -0.1) is 0 Å². The Morgan fingerprint density at radius 1 is 0.259 bits per heavy atom. The zero-order chi connectivity index (χ0) is 58.5. The summed E-state index contributed by atoms with van der Waals surface area (Å²) in [5.41, 5.74) is 0. The highest BCUT2D eigenvalue weighted by Gasteiger charge is 2.19. The van der Waals surface area contributed by atoms with Gasteiger partial charge in [0.05, 0.1) is 0 Å². The van der Waals surface area contributed by atoms with Crippen molar-refractivity contribution in [2.45, 2.75) is 271 Å². The molecular weight excluding hydrogens is 997 g/mol. The van der Waals surface area contributed by atoms with E-state index >= 15 is 0 Å². The molecule has 1 atom stereocenters. The third kappa shape index (κ3) is 65.5. The average molecular weight is 1120 g/mol. The highest BCUT2D eigenvalue weighted by atomic mass is 16.6. The van der Waals surface area contributed by atoms with Gasteiger partial charge < -0.3 is 14.2 Å². The summed E-state index contributed by atoms with van der Waals surface area (Å²) in [6, 6.07) is 0. The van der Waals surface area contributed by atoms with Crippen molar-refractivity contribution in [2.24, 2.45) is 0 Å². The van der Waals surface area contributed by atoms with Gasteiger partial charge in [0.25, 0.3) is 0 Å². The molecule has 0 rings (SSSR count). The number of allylic oxidation sites excluding steroid dienone is 28. The first-order valence-corrected chi connectivity index (χ1v) is 32.6. The number of carbonyl (C=O) groups is 3. The van der Waals surface area contributed by atoms with Gasteiger partial charge >= 0.3 is 17.9 Å². The van der Waals surface area contributed by atoms with E-state index in [0.717, 1.165) is 154 Å². The Kier molecular flexibility index (Phi) is 62.9. The first kappa shape index (κ1) is 75.8. The number of hydrogen-bond acceptors (Lipinski definition) is 6. The monoisotopic (exact) mass is 1110 g/mol. The third-order valence-electron chi connectivity index (χ3n) is 13.2. The van der Waals surface area contributed by atoms with Crippen molar-refractivity contribution >= 4 is 17.9 Å². The van der Waals surface area contributed by atoms with E-state index in [1.165, 1.54) is 64.2 Å². The third-order valence-corrected chi connectivity index (χ3v) is 13.2. The smallest absolute Gasteiger partial charge is 0.306 e. The lowest BCUT2D eigenvalue weighted by Gasteiger charge is -2.18. The molecule has 0 aliphatic heterocycles. The summed E-state index contributed by atoms with van der Waals surface area (Å²) in [6.07, 6.45) is 99.3. The summed E-state index contributed by atoms with van der Waals surface area (Å²) in [5, 5.41) is 0. The van der Waals surface area contributed by atoms with Gasteiger partial charge in [0, 0.05) is 19.3 Å². The van der Waals surface area contributed by atoms with Gasteiger partial charge in [-0.3, -0.25) is 14.4 Å². The van der Waals surface area contributed by atoms with E-state index in [9.17, 15) is 14.4 Å². The predicted molar refractivity (Wildman–Crippen MR) is 352 cm³/mol. The van der Waals surface area contributed by atoms with Gasteiger partial charge in [-0.25, -0.2) is 0 Å². The van der Waals surface area contributed by atoms with Crippen molar-refractivity contribution in [1.82, 2.24) is 0 Å². The lowest BCUT2D eigenvalue weighted by Crippen LogP contribution is -2.30. The minimum atomic E-state index is -0.815. The molecule has 0 amide bonds. The second kappa shape index (κ2) is 67.3.